The zero-order valence-corrected chi connectivity index (χ0v) is 23.1. The minimum atomic E-state index is -0.718. The first-order valence-electron chi connectivity index (χ1n) is 12.5. The summed E-state index contributed by atoms with van der Waals surface area (Å²) in [4.78, 5) is 35.2. The highest BCUT2D eigenvalue weighted by Gasteiger charge is 2.45. The van der Waals surface area contributed by atoms with Gasteiger partial charge in [0.2, 0.25) is 0 Å². The van der Waals surface area contributed by atoms with Gasteiger partial charge in [-0.3, -0.25) is 14.4 Å². The van der Waals surface area contributed by atoms with Gasteiger partial charge in [0.1, 0.15) is 0 Å². The molecule has 1 saturated heterocycles. The third-order valence-electron chi connectivity index (χ3n) is 7.17. The third kappa shape index (κ3) is 6.16. The maximum atomic E-state index is 13.9. The molecule has 200 valence electrons. The number of hydroxylamine groups is 1. The molecule has 9 heteroatoms. The largest absolute Gasteiger partial charge is 0.330 e. The van der Waals surface area contributed by atoms with Crippen molar-refractivity contribution in [2.75, 3.05) is 19.6 Å². The van der Waals surface area contributed by atoms with Crippen LogP contribution in [0.4, 0.5) is 0 Å². The summed E-state index contributed by atoms with van der Waals surface area (Å²) in [6.07, 6.45) is 1.92. The maximum Gasteiger partial charge on any atom is 0.254 e. The number of carbonyl (C=O) groups is 2. The van der Waals surface area contributed by atoms with E-state index in [9.17, 15) is 9.59 Å². The molecule has 0 unspecified atom stereocenters. The number of carbonyl (C=O) groups excluding carboxylic acids is 2. The van der Waals surface area contributed by atoms with E-state index in [1.54, 1.807) is 18.2 Å². The van der Waals surface area contributed by atoms with Crippen molar-refractivity contribution in [3.8, 4) is 0 Å². The van der Waals surface area contributed by atoms with Crippen LogP contribution in [0.1, 0.15) is 51.8 Å². The van der Waals surface area contributed by atoms with Crippen LogP contribution in [-0.4, -0.2) is 36.3 Å². The van der Waals surface area contributed by atoms with E-state index in [0.29, 0.717) is 39.2 Å². The number of piperidine rings is 1. The molecule has 0 radical (unpaired) electrons. The molecule has 38 heavy (non-hydrogen) atoms. The highest BCUT2D eigenvalue weighted by Crippen LogP contribution is 2.45. The molecule has 2 heterocycles. The summed E-state index contributed by atoms with van der Waals surface area (Å²) in [6.45, 7) is 2.58. The van der Waals surface area contributed by atoms with Crippen molar-refractivity contribution in [1.29, 1.82) is 0 Å². The molecule has 2 amide bonds. The van der Waals surface area contributed by atoms with Gasteiger partial charge in [-0.15, -0.1) is 12.4 Å². The maximum absolute atomic E-state index is 13.9. The fourth-order valence-electron chi connectivity index (χ4n) is 5.33. The summed E-state index contributed by atoms with van der Waals surface area (Å²) >= 11 is 12.9. The van der Waals surface area contributed by atoms with Gasteiger partial charge in [0.25, 0.3) is 11.8 Å². The quantitative estimate of drug-likeness (QED) is 0.343. The molecule has 0 spiro atoms. The van der Waals surface area contributed by atoms with Gasteiger partial charge in [-0.05, 0) is 66.7 Å². The van der Waals surface area contributed by atoms with Crippen LogP contribution in [-0.2, 0) is 16.2 Å². The normalized spacial score (nSPS) is 19.4. The van der Waals surface area contributed by atoms with Crippen molar-refractivity contribution in [1.82, 2.24) is 15.7 Å². The summed E-state index contributed by atoms with van der Waals surface area (Å²) in [6, 6.07) is 21.5. The fourth-order valence-corrected chi connectivity index (χ4v) is 5.85. The fraction of sp³-hybridized carbons (Fsp3) is 0.310. The standard InChI is InChI=1S/C29H29Cl2N3O3.ClH/c30-21-10-11-24(25(31)16-21)27-26(28(35)33-37-18-20-6-2-1-3-7-20)22-8-4-5-9-23(22)29(36)34(27)17-19-12-14-32-15-13-19;/h1-11,16,19,26-27,32H,12-15,17-18H2,(H,33,35);1H/t26-,27+;/m1./s1. The van der Waals surface area contributed by atoms with Crippen molar-refractivity contribution in [2.24, 2.45) is 5.92 Å². The van der Waals surface area contributed by atoms with Crippen molar-refractivity contribution >= 4 is 47.4 Å². The van der Waals surface area contributed by atoms with Crippen LogP contribution < -0.4 is 10.8 Å². The Balaban J connectivity index is 0.00000336. The number of nitrogens with zero attached hydrogens (tertiary/aromatic N) is 1. The first-order valence-corrected chi connectivity index (χ1v) is 13.3. The summed E-state index contributed by atoms with van der Waals surface area (Å²) in [5.74, 6) is -0.825. The molecule has 3 aromatic carbocycles. The van der Waals surface area contributed by atoms with Gasteiger partial charge in [0.15, 0.2) is 0 Å². The summed E-state index contributed by atoms with van der Waals surface area (Å²) in [7, 11) is 0. The zero-order chi connectivity index (χ0) is 25.8. The average molecular weight is 575 g/mol. The number of amides is 2. The number of nitrogens with one attached hydrogen (secondary N) is 2. The Morgan fingerprint density at radius 3 is 2.42 bits per heavy atom. The second-order valence-corrected chi connectivity index (χ2v) is 10.4. The Morgan fingerprint density at radius 2 is 1.68 bits per heavy atom. The van der Waals surface area contributed by atoms with Crippen LogP contribution in [0.3, 0.4) is 0 Å². The summed E-state index contributed by atoms with van der Waals surface area (Å²) in [5.41, 5.74) is 5.47. The number of halogens is 3. The van der Waals surface area contributed by atoms with Crippen LogP contribution in [0.25, 0.3) is 0 Å². The highest BCUT2D eigenvalue weighted by atomic mass is 35.5. The van der Waals surface area contributed by atoms with E-state index in [1.165, 1.54) is 0 Å². The minimum absolute atomic E-state index is 0. The van der Waals surface area contributed by atoms with Crippen LogP contribution in [0.2, 0.25) is 10.0 Å². The molecule has 0 aliphatic carbocycles. The lowest BCUT2D eigenvalue weighted by atomic mass is 9.78. The zero-order valence-electron chi connectivity index (χ0n) is 20.7. The summed E-state index contributed by atoms with van der Waals surface area (Å²) < 4.78 is 0. The molecule has 0 saturated carbocycles. The van der Waals surface area contributed by atoms with Gasteiger partial charge in [-0.2, -0.15) is 0 Å². The molecule has 1 fully saturated rings. The van der Waals surface area contributed by atoms with Gasteiger partial charge in [-0.25, -0.2) is 5.48 Å². The molecule has 0 bridgehead atoms. The molecule has 2 N–H and O–H groups in total. The van der Waals surface area contributed by atoms with Gasteiger partial charge in [-0.1, -0.05) is 77.8 Å². The van der Waals surface area contributed by atoms with Crippen molar-refractivity contribution in [3.05, 3.63) is 105 Å². The molecule has 6 nitrogen and oxygen atoms in total. The predicted octanol–water partition coefficient (Wildman–Crippen LogP) is 5.94. The van der Waals surface area contributed by atoms with Crippen molar-refractivity contribution < 1.29 is 14.4 Å². The Kier molecular flexibility index (Phi) is 9.69. The van der Waals surface area contributed by atoms with E-state index in [0.717, 1.165) is 31.5 Å². The molecular weight excluding hydrogens is 545 g/mol. The van der Waals surface area contributed by atoms with Crippen LogP contribution in [0.15, 0.2) is 72.8 Å². The molecule has 5 rings (SSSR count). The van der Waals surface area contributed by atoms with Gasteiger partial charge in [0, 0.05) is 22.2 Å². The van der Waals surface area contributed by atoms with Gasteiger partial charge in [0.05, 0.1) is 18.6 Å². The smallest absolute Gasteiger partial charge is 0.254 e. The van der Waals surface area contributed by atoms with Crippen molar-refractivity contribution in [2.45, 2.75) is 31.4 Å². The van der Waals surface area contributed by atoms with E-state index >= 15 is 0 Å². The van der Waals surface area contributed by atoms with E-state index < -0.39 is 12.0 Å². The number of benzene rings is 3. The Bertz CT molecular complexity index is 1270. The lowest BCUT2D eigenvalue weighted by molar-refractivity contribution is -0.138. The van der Waals surface area contributed by atoms with Gasteiger partial charge >= 0.3 is 0 Å². The second kappa shape index (κ2) is 13.0. The Labute approximate surface area is 239 Å². The molecule has 3 aromatic rings. The van der Waals surface area contributed by atoms with Crippen molar-refractivity contribution in [3.63, 3.8) is 0 Å². The minimum Gasteiger partial charge on any atom is -0.330 e. The second-order valence-electron chi connectivity index (χ2n) is 9.57. The number of hydrogen-bond acceptors (Lipinski definition) is 4. The highest BCUT2D eigenvalue weighted by molar-refractivity contribution is 6.35. The lowest BCUT2D eigenvalue weighted by Crippen LogP contribution is -2.49. The average Bonchev–Trinajstić information content (AvgIpc) is 2.91. The topological polar surface area (TPSA) is 70.7 Å². The Morgan fingerprint density at radius 1 is 0.974 bits per heavy atom. The number of fused-ring (bicyclic) bond motifs is 1. The molecule has 0 aromatic heterocycles. The molecule has 2 aliphatic rings. The van der Waals surface area contributed by atoms with E-state index in [2.05, 4.69) is 10.8 Å². The number of rotatable bonds is 7. The van der Waals surface area contributed by atoms with E-state index in [1.807, 2.05) is 59.5 Å². The molecular formula is C29H30Cl3N3O3. The number of hydrogen-bond donors (Lipinski definition) is 2. The van der Waals surface area contributed by atoms with Crippen LogP contribution in [0.5, 0.6) is 0 Å². The molecule has 2 atom stereocenters. The Hall–Kier alpha value is -2.61. The van der Waals surface area contributed by atoms with Crippen LogP contribution >= 0.6 is 35.6 Å². The first kappa shape index (κ1) is 28.4. The predicted molar refractivity (Wildman–Crippen MR) is 152 cm³/mol. The third-order valence-corrected chi connectivity index (χ3v) is 7.73. The van der Waals surface area contributed by atoms with E-state index in [4.69, 9.17) is 28.0 Å². The lowest BCUT2D eigenvalue weighted by Gasteiger charge is -2.43. The SMILES string of the molecule is Cl.O=C(NOCc1ccccc1)[C@@H]1c2ccccc2C(=O)N(CC2CCNCC2)[C@H]1c1ccc(Cl)cc1Cl. The van der Waals surface area contributed by atoms with Crippen LogP contribution in [0, 0.1) is 5.92 Å². The van der Waals surface area contributed by atoms with Gasteiger partial charge < -0.3 is 10.2 Å². The summed E-state index contributed by atoms with van der Waals surface area (Å²) in [5, 5.41) is 4.29. The first-order chi connectivity index (χ1) is 18.0. The van der Waals surface area contributed by atoms with E-state index in [-0.39, 0.29) is 30.8 Å². The monoisotopic (exact) mass is 573 g/mol. The molecule has 2 aliphatic heterocycles.